The SMILES string of the molecule is COc1cc2c(C3CNCCN3C(=O)O)c(F)cnc2cc1OCCCN1CCCCC1.N#Cc1ccc(N)cc1. The number of anilines is 1. The third-order valence-electron chi connectivity index (χ3n) is 7.33. The Labute approximate surface area is 239 Å². The van der Waals surface area contributed by atoms with Crippen LogP contribution in [0.2, 0.25) is 0 Å². The minimum Gasteiger partial charge on any atom is -0.493 e. The smallest absolute Gasteiger partial charge is 0.407 e. The van der Waals surface area contributed by atoms with Crippen LogP contribution in [-0.4, -0.2) is 79.0 Å². The van der Waals surface area contributed by atoms with Crippen LogP contribution < -0.4 is 20.5 Å². The number of piperazine rings is 1. The van der Waals surface area contributed by atoms with E-state index in [-0.39, 0.29) is 0 Å². The minimum atomic E-state index is -1.07. The molecule has 41 heavy (non-hydrogen) atoms. The van der Waals surface area contributed by atoms with Crippen molar-refractivity contribution in [1.29, 1.82) is 5.26 Å². The first kappa shape index (κ1) is 29.8. The number of benzene rings is 2. The Hall–Kier alpha value is -4.14. The molecule has 1 atom stereocenters. The number of piperidine rings is 1. The fourth-order valence-corrected chi connectivity index (χ4v) is 5.21. The van der Waals surface area contributed by atoms with E-state index < -0.39 is 18.0 Å². The van der Waals surface area contributed by atoms with Crippen LogP contribution >= 0.6 is 0 Å². The van der Waals surface area contributed by atoms with E-state index >= 15 is 0 Å². The van der Waals surface area contributed by atoms with Crippen LogP contribution in [0.25, 0.3) is 10.9 Å². The molecular weight excluding hydrogens is 527 g/mol. The Morgan fingerprint density at radius 2 is 1.95 bits per heavy atom. The van der Waals surface area contributed by atoms with Crippen LogP contribution in [0.15, 0.2) is 42.6 Å². The van der Waals surface area contributed by atoms with Crippen molar-refractivity contribution in [1.82, 2.24) is 20.1 Å². The monoisotopic (exact) mass is 564 g/mol. The number of likely N-dealkylation sites (tertiary alicyclic amines) is 1. The summed E-state index contributed by atoms with van der Waals surface area (Å²) in [6.45, 7) is 5.01. The van der Waals surface area contributed by atoms with Gasteiger partial charge in [0.2, 0.25) is 0 Å². The zero-order valence-corrected chi connectivity index (χ0v) is 23.3. The zero-order chi connectivity index (χ0) is 29.2. The Kier molecular flexibility index (Phi) is 10.5. The van der Waals surface area contributed by atoms with Crippen LogP contribution in [0.1, 0.15) is 42.9 Å². The summed E-state index contributed by atoms with van der Waals surface area (Å²) in [4.78, 5) is 19.7. The summed E-state index contributed by atoms with van der Waals surface area (Å²) in [5.41, 5.74) is 7.55. The van der Waals surface area contributed by atoms with E-state index in [4.69, 9.17) is 20.5 Å². The van der Waals surface area contributed by atoms with Gasteiger partial charge < -0.3 is 30.5 Å². The molecule has 218 valence electrons. The van der Waals surface area contributed by atoms with E-state index in [2.05, 4.69) is 15.2 Å². The average Bonchev–Trinajstić information content (AvgIpc) is 3.00. The van der Waals surface area contributed by atoms with Gasteiger partial charge in [-0.1, -0.05) is 6.42 Å². The predicted molar refractivity (Wildman–Crippen MR) is 155 cm³/mol. The van der Waals surface area contributed by atoms with Crippen LogP contribution in [-0.2, 0) is 0 Å². The first-order valence-electron chi connectivity index (χ1n) is 13.9. The van der Waals surface area contributed by atoms with Crippen LogP contribution in [0.4, 0.5) is 14.9 Å². The van der Waals surface area contributed by atoms with Gasteiger partial charge in [-0.15, -0.1) is 0 Å². The molecule has 0 spiro atoms. The van der Waals surface area contributed by atoms with Crippen molar-refractivity contribution in [3.8, 4) is 17.6 Å². The van der Waals surface area contributed by atoms with Gasteiger partial charge in [-0.25, -0.2) is 9.18 Å². The van der Waals surface area contributed by atoms with Crippen molar-refractivity contribution < 1.29 is 23.8 Å². The number of ether oxygens (including phenoxy) is 2. The maximum Gasteiger partial charge on any atom is 0.407 e. The highest BCUT2D eigenvalue weighted by Gasteiger charge is 2.31. The van der Waals surface area contributed by atoms with E-state index in [9.17, 15) is 14.3 Å². The lowest BCUT2D eigenvalue weighted by molar-refractivity contribution is 0.111. The second-order valence-electron chi connectivity index (χ2n) is 10.1. The van der Waals surface area contributed by atoms with Gasteiger partial charge in [-0.3, -0.25) is 9.88 Å². The molecule has 0 radical (unpaired) electrons. The van der Waals surface area contributed by atoms with E-state index in [0.29, 0.717) is 65.5 Å². The van der Waals surface area contributed by atoms with Crippen molar-refractivity contribution in [2.45, 2.75) is 31.7 Å². The fourth-order valence-electron chi connectivity index (χ4n) is 5.21. The Morgan fingerprint density at radius 3 is 2.63 bits per heavy atom. The number of nitrogen functional groups attached to an aromatic ring is 1. The van der Waals surface area contributed by atoms with E-state index in [1.54, 1.807) is 43.5 Å². The number of methoxy groups -OCH3 is 1. The quantitative estimate of drug-likeness (QED) is 0.282. The molecule has 3 heterocycles. The number of pyridine rings is 1. The molecule has 2 aromatic carbocycles. The van der Waals surface area contributed by atoms with Crippen LogP contribution in [0.3, 0.4) is 0 Å². The number of nitrogens with zero attached hydrogens (tertiary/aromatic N) is 4. The summed E-state index contributed by atoms with van der Waals surface area (Å²) >= 11 is 0. The molecule has 4 N–H and O–H groups in total. The third-order valence-corrected chi connectivity index (χ3v) is 7.33. The first-order chi connectivity index (χ1) is 19.9. The minimum absolute atomic E-state index is 0.290. The van der Waals surface area contributed by atoms with Gasteiger partial charge in [-0.05, 0) is 62.7 Å². The summed E-state index contributed by atoms with van der Waals surface area (Å²) in [6, 6.07) is 11.6. The zero-order valence-electron chi connectivity index (χ0n) is 23.3. The number of aromatic nitrogens is 1. The highest BCUT2D eigenvalue weighted by Crippen LogP contribution is 2.37. The summed E-state index contributed by atoms with van der Waals surface area (Å²) in [5.74, 6) is 0.505. The number of halogens is 1. The number of nitriles is 1. The summed E-state index contributed by atoms with van der Waals surface area (Å²) in [6.07, 6.45) is 4.84. The van der Waals surface area contributed by atoms with Crippen LogP contribution in [0.5, 0.6) is 11.5 Å². The fraction of sp³-hybridized carbons (Fsp3) is 0.433. The van der Waals surface area contributed by atoms with Crippen molar-refractivity contribution in [2.24, 2.45) is 0 Å². The normalized spacial score (nSPS) is 17.3. The summed E-state index contributed by atoms with van der Waals surface area (Å²) in [7, 11) is 1.54. The van der Waals surface area contributed by atoms with Gasteiger partial charge in [0.1, 0.15) is 5.82 Å². The second kappa shape index (κ2) is 14.5. The van der Waals surface area contributed by atoms with E-state index in [1.165, 1.54) is 24.2 Å². The lowest BCUT2D eigenvalue weighted by atomic mass is 9.98. The van der Waals surface area contributed by atoms with Gasteiger partial charge in [-0.2, -0.15) is 5.26 Å². The second-order valence-corrected chi connectivity index (χ2v) is 10.1. The Balaban J connectivity index is 0.000000367. The lowest BCUT2D eigenvalue weighted by Gasteiger charge is -2.35. The largest absolute Gasteiger partial charge is 0.493 e. The van der Waals surface area contributed by atoms with E-state index in [1.807, 2.05) is 6.07 Å². The molecule has 0 bridgehead atoms. The summed E-state index contributed by atoms with van der Waals surface area (Å²) in [5, 5.41) is 21.6. The van der Waals surface area contributed by atoms with Crippen LogP contribution in [0, 0.1) is 17.1 Å². The molecule has 0 saturated carbocycles. The molecule has 2 saturated heterocycles. The molecule has 3 aromatic rings. The maximum atomic E-state index is 14.9. The van der Waals surface area contributed by atoms with Gasteiger partial charge >= 0.3 is 6.09 Å². The van der Waals surface area contributed by atoms with Gasteiger partial charge in [0.05, 0.1) is 43.1 Å². The highest BCUT2D eigenvalue weighted by atomic mass is 19.1. The lowest BCUT2D eigenvalue weighted by Crippen LogP contribution is -2.48. The molecule has 2 aliphatic heterocycles. The molecule has 10 nitrogen and oxygen atoms in total. The first-order valence-corrected chi connectivity index (χ1v) is 13.9. The van der Waals surface area contributed by atoms with Crippen molar-refractivity contribution in [3.05, 3.63) is 59.5 Å². The van der Waals surface area contributed by atoms with Gasteiger partial charge in [0.25, 0.3) is 0 Å². The number of amides is 1. The topological polar surface area (TPSA) is 137 Å². The Bertz CT molecular complexity index is 1360. The molecule has 1 aromatic heterocycles. The molecule has 5 rings (SSSR count). The number of carbonyl (C=O) groups is 1. The number of nitrogens with one attached hydrogen (secondary N) is 1. The predicted octanol–water partition coefficient (Wildman–Crippen LogP) is 4.40. The number of nitrogens with two attached hydrogens (primary N) is 1. The van der Waals surface area contributed by atoms with E-state index in [0.717, 1.165) is 32.3 Å². The number of hydrogen-bond donors (Lipinski definition) is 3. The number of rotatable bonds is 7. The Morgan fingerprint density at radius 1 is 1.20 bits per heavy atom. The van der Waals surface area contributed by atoms with Crippen molar-refractivity contribution in [2.75, 3.05) is 58.7 Å². The average molecular weight is 565 g/mol. The van der Waals surface area contributed by atoms with Gasteiger partial charge in [0.15, 0.2) is 11.5 Å². The highest BCUT2D eigenvalue weighted by molar-refractivity contribution is 5.87. The number of fused-ring (bicyclic) bond motifs is 1. The molecule has 1 unspecified atom stereocenters. The standard InChI is InChI=1S/C23H31FN4O4.C7H6N2/c1-31-20-12-16-18(13-21(20)32-11-5-9-27-7-3-2-4-8-27)26-14-17(24)22(16)19-15-25-6-10-28(19)23(29)30;8-5-6-1-3-7(9)4-2-6/h12-14,19,25H,2-11,15H2,1H3,(H,29,30);1-4H,9H2. The molecule has 0 aliphatic carbocycles. The van der Waals surface area contributed by atoms with Crippen molar-refractivity contribution in [3.63, 3.8) is 0 Å². The van der Waals surface area contributed by atoms with Gasteiger partial charge in [0, 0.05) is 48.9 Å². The molecule has 1 amide bonds. The number of hydrogen-bond acceptors (Lipinski definition) is 8. The molecule has 11 heteroatoms. The molecule has 2 fully saturated rings. The molecular formula is C30H37FN6O4. The maximum absolute atomic E-state index is 14.9. The number of carboxylic acid groups (broad SMARTS) is 1. The summed E-state index contributed by atoms with van der Waals surface area (Å²) < 4.78 is 26.4. The van der Waals surface area contributed by atoms with Crippen molar-refractivity contribution >= 4 is 22.7 Å². The molecule has 2 aliphatic rings. The third kappa shape index (κ3) is 7.74.